The number of anilines is 1. The lowest BCUT2D eigenvalue weighted by Gasteiger charge is -2.29. The minimum absolute atomic E-state index is 0.200. The Morgan fingerprint density at radius 2 is 2.04 bits per heavy atom. The number of H-pyrrole nitrogens is 1. The highest BCUT2D eigenvalue weighted by atomic mass is 16.5. The third-order valence-electron chi connectivity index (χ3n) is 4.30. The summed E-state index contributed by atoms with van der Waals surface area (Å²) in [6.07, 6.45) is 1.78. The number of benzene rings is 1. The quantitative estimate of drug-likeness (QED) is 0.757. The first-order valence-corrected chi connectivity index (χ1v) is 8.31. The molecule has 0 saturated carbocycles. The van der Waals surface area contributed by atoms with Crippen LogP contribution < -0.4 is 10.2 Å². The van der Waals surface area contributed by atoms with Crippen molar-refractivity contribution in [2.45, 2.75) is 6.54 Å². The van der Waals surface area contributed by atoms with Crippen LogP contribution in [0.5, 0.6) is 0 Å². The van der Waals surface area contributed by atoms with Crippen molar-refractivity contribution in [2.75, 3.05) is 31.2 Å². The van der Waals surface area contributed by atoms with Gasteiger partial charge < -0.3 is 15.0 Å². The molecule has 3 aromatic rings. The fraction of sp³-hybridized carbons (Fsp3) is 0.278. The van der Waals surface area contributed by atoms with E-state index in [-0.39, 0.29) is 5.91 Å². The molecule has 7 heteroatoms. The van der Waals surface area contributed by atoms with Gasteiger partial charge in [0, 0.05) is 36.8 Å². The van der Waals surface area contributed by atoms with Gasteiger partial charge in [-0.1, -0.05) is 24.3 Å². The van der Waals surface area contributed by atoms with Crippen molar-refractivity contribution in [3.8, 4) is 0 Å². The second kappa shape index (κ2) is 6.90. The highest BCUT2D eigenvalue weighted by Gasteiger charge is 2.18. The van der Waals surface area contributed by atoms with E-state index in [2.05, 4.69) is 25.4 Å². The third-order valence-corrected chi connectivity index (χ3v) is 4.30. The zero-order valence-corrected chi connectivity index (χ0v) is 13.7. The lowest BCUT2D eigenvalue weighted by Crippen LogP contribution is -2.37. The molecule has 1 aliphatic heterocycles. The highest BCUT2D eigenvalue weighted by Crippen LogP contribution is 2.19. The number of pyridine rings is 1. The summed E-state index contributed by atoms with van der Waals surface area (Å²) >= 11 is 0. The molecule has 25 heavy (non-hydrogen) atoms. The molecule has 0 radical (unpaired) electrons. The van der Waals surface area contributed by atoms with Gasteiger partial charge in [-0.25, -0.2) is 4.98 Å². The largest absolute Gasteiger partial charge is 0.378 e. The summed E-state index contributed by atoms with van der Waals surface area (Å²) in [5, 5.41) is 10.8. The Labute approximate surface area is 145 Å². The van der Waals surface area contributed by atoms with Gasteiger partial charge in [-0.15, -0.1) is 0 Å². The minimum Gasteiger partial charge on any atom is -0.378 e. The van der Waals surface area contributed by atoms with Gasteiger partial charge in [0.05, 0.1) is 18.7 Å². The Balaban J connectivity index is 1.50. The number of ether oxygens (including phenoxy) is 1. The van der Waals surface area contributed by atoms with E-state index in [1.807, 2.05) is 36.4 Å². The topological polar surface area (TPSA) is 83.1 Å². The number of carbonyl (C=O) groups is 1. The van der Waals surface area contributed by atoms with Crippen molar-refractivity contribution in [2.24, 2.45) is 0 Å². The van der Waals surface area contributed by atoms with Gasteiger partial charge in [0.15, 0.2) is 5.69 Å². The summed E-state index contributed by atoms with van der Waals surface area (Å²) in [5.41, 5.74) is 2.24. The van der Waals surface area contributed by atoms with Crippen LogP contribution in [-0.4, -0.2) is 47.4 Å². The zero-order valence-electron chi connectivity index (χ0n) is 13.7. The Bertz CT molecular complexity index is 886. The number of aromatic nitrogens is 3. The van der Waals surface area contributed by atoms with E-state index in [0.29, 0.717) is 25.5 Å². The molecule has 0 unspecified atom stereocenters. The molecule has 2 N–H and O–H groups in total. The molecule has 1 fully saturated rings. The number of morpholine rings is 1. The first-order valence-electron chi connectivity index (χ1n) is 8.31. The van der Waals surface area contributed by atoms with Gasteiger partial charge >= 0.3 is 0 Å². The number of hydrogen-bond donors (Lipinski definition) is 2. The van der Waals surface area contributed by atoms with Crippen LogP contribution >= 0.6 is 0 Å². The lowest BCUT2D eigenvalue weighted by atomic mass is 10.2. The average Bonchev–Trinajstić information content (AvgIpc) is 3.11. The molecular formula is C18H19N5O2. The Morgan fingerprint density at radius 3 is 2.92 bits per heavy atom. The number of nitrogens with one attached hydrogen (secondary N) is 2. The van der Waals surface area contributed by atoms with Gasteiger partial charge in [-0.05, 0) is 12.1 Å². The first kappa shape index (κ1) is 15.6. The number of nitrogens with zero attached hydrogens (tertiary/aromatic N) is 3. The molecule has 3 heterocycles. The maximum absolute atomic E-state index is 12.5. The zero-order chi connectivity index (χ0) is 17.1. The van der Waals surface area contributed by atoms with Gasteiger partial charge in [0.2, 0.25) is 0 Å². The molecule has 0 bridgehead atoms. The van der Waals surface area contributed by atoms with Gasteiger partial charge in [0.25, 0.3) is 5.91 Å². The van der Waals surface area contributed by atoms with Crippen LogP contribution in [0.1, 0.15) is 16.1 Å². The fourth-order valence-corrected chi connectivity index (χ4v) is 3.02. The fourth-order valence-electron chi connectivity index (χ4n) is 3.02. The van der Waals surface area contributed by atoms with Crippen molar-refractivity contribution in [3.63, 3.8) is 0 Å². The Morgan fingerprint density at radius 1 is 1.20 bits per heavy atom. The maximum Gasteiger partial charge on any atom is 0.272 e. The van der Waals surface area contributed by atoms with Crippen molar-refractivity contribution >= 4 is 22.6 Å². The molecule has 7 nitrogen and oxygen atoms in total. The number of aromatic amines is 1. The van der Waals surface area contributed by atoms with Crippen LogP contribution in [0.2, 0.25) is 0 Å². The second-order valence-corrected chi connectivity index (χ2v) is 5.89. The highest BCUT2D eigenvalue weighted by molar-refractivity contribution is 6.04. The second-order valence-electron chi connectivity index (χ2n) is 5.89. The summed E-state index contributed by atoms with van der Waals surface area (Å²) in [7, 11) is 0. The molecule has 1 saturated heterocycles. The molecule has 1 aliphatic rings. The number of carbonyl (C=O) groups excluding carboxylic acids is 1. The maximum atomic E-state index is 12.5. The molecule has 1 amide bonds. The van der Waals surface area contributed by atoms with Crippen LogP contribution in [0.25, 0.3) is 10.9 Å². The summed E-state index contributed by atoms with van der Waals surface area (Å²) < 4.78 is 5.40. The third kappa shape index (κ3) is 3.18. The van der Waals surface area contributed by atoms with Crippen LogP contribution in [0.3, 0.4) is 0 Å². The standard InChI is InChI=1S/C18H19N5O2/c24-18(16-14-5-1-2-6-15(14)21-22-16)20-12-13-4-3-7-19-17(13)23-8-10-25-11-9-23/h1-7H,8-12H2,(H,20,24)(H,21,22). The summed E-state index contributed by atoms with van der Waals surface area (Å²) in [5.74, 6) is 0.701. The van der Waals surface area contributed by atoms with Gasteiger partial charge in [-0.3, -0.25) is 9.89 Å². The van der Waals surface area contributed by atoms with Crippen LogP contribution in [0.15, 0.2) is 42.6 Å². The lowest BCUT2D eigenvalue weighted by molar-refractivity contribution is 0.0947. The van der Waals surface area contributed by atoms with E-state index >= 15 is 0 Å². The summed E-state index contributed by atoms with van der Waals surface area (Å²) in [6, 6.07) is 11.5. The number of rotatable bonds is 4. The van der Waals surface area contributed by atoms with Crippen molar-refractivity contribution in [3.05, 3.63) is 53.9 Å². The number of hydrogen-bond acceptors (Lipinski definition) is 5. The smallest absolute Gasteiger partial charge is 0.272 e. The number of amides is 1. The summed E-state index contributed by atoms with van der Waals surface area (Å²) in [4.78, 5) is 19.2. The SMILES string of the molecule is O=C(NCc1cccnc1N1CCOCC1)c1n[nH]c2ccccc12. The van der Waals surface area contributed by atoms with Crippen molar-refractivity contribution in [1.29, 1.82) is 0 Å². The van der Waals surface area contributed by atoms with Gasteiger partial charge in [0.1, 0.15) is 5.82 Å². The molecule has 4 rings (SSSR count). The van der Waals surface area contributed by atoms with E-state index in [1.54, 1.807) is 6.20 Å². The predicted octanol–water partition coefficient (Wildman–Crippen LogP) is 1.72. The van der Waals surface area contributed by atoms with Crippen LogP contribution in [-0.2, 0) is 11.3 Å². The van der Waals surface area contributed by atoms with Gasteiger partial charge in [-0.2, -0.15) is 5.10 Å². The Kier molecular flexibility index (Phi) is 4.30. The van der Waals surface area contributed by atoms with Crippen LogP contribution in [0, 0.1) is 0 Å². The van der Waals surface area contributed by atoms with Crippen LogP contribution in [0.4, 0.5) is 5.82 Å². The monoisotopic (exact) mass is 337 g/mol. The molecule has 0 spiro atoms. The molecule has 0 aliphatic carbocycles. The van der Waals surface area contributed by atoms with E-state index in [1.165, 1.54) is 0 Å². The first-order chi connectivity index (χ1) is 12.3. The van der Waals surface area contributed by atoms with E-state index in [0.717, 1.165) is 35.4 Å². The van der Waals surface area contributed by atoms with E-state index in [9.17, 15) is 4.79 Å². The van der Waals surface area contributed by atoms with Crippen molar-refractivity contribution in [1.82, 2.24) is 20.5 Å². The average molecular weight is 337 g/mol. The molecule has 0 atom stereocenters. The number of fused-ring (bicyclic) bond motifs is 1. The number of para-hydroxylation sites is 1. The molecular weight excluding hydrogens is 318 g/mol. The predicted molar refractivity (Wildman–Crippen MR) is 94.5 cm³/mol. The molecule has 128 valence electrons. The van der Waals surface area contributed by atoms with E-state index < -0.39 is 0 Å². The normalized spacial score (nSPS) is 14.6. The summed E-state index contributed by atoms with van der Waals surface area (Å²) in [6.45, 7) is 3.41. The molecule has 1 aromatic carbocycles. The van der Waals surface area contributed by atoms with Crippen molar-refractivity contribution < 1.29 is 9.53 Å². The Hall–Kier alpha value is -2.93. The minimum atomic E-state index is -0.200. The molecule has 2 aromatic heterocycles. The van der Waals surface area contributed by atoms with E-state index in [4.69, 9.17) is 4.74 Å².